The number of hydrogen-bond donors (Lipinski definition) is 0. The van der Waals surface area contributed by atoms with E-state index in [0.717, 1.165) is 6.42 Å². The Labute approximate surface area is 36.7 Å². The van der Waals surface area contributed by atoms with Gasteiger partial charge in [-0.05, 0) is 18.6 Å². The molecule has 1 nitrogen and oxygen atoms in total. The third-order valence-corrected chi connectivity index (χ3v) is 0.779. The number of rotatable bonds is 0. The Kier molecular flexibility index (Phi) is 0.748. The lowest BCUT2D eigenvalue weighted by atomic mass is 10.3. The van der Waals surface area contributed by atoms with Crippen LogP contribution in [0, 0.1) is 6.08 Å². The summed E-state index contributed by atoms with van der Waals surface area (Å²) in [4.78, 5) is 10.1. The number of hydrogen-bond acceptors (Lipinski definition) is 1. The lowest BCUT2D eigenvalue weighted by Crippen LogP contribution is -1.80. The van der Waals surface area contributed by atoms with Gasteiger partial charge in [0.25, 0.3) is 0 Å². The molecule has 0 aliphatic heterocycles. The highest BCUT2D eigenvalue weighted by Crippen LogP contribution is 2.00. The zero-order valence-electron chi connectivity index (χ0n) is 3.40. The van der Waals surface area contributed by atoms with Crippen molar-refractivity contribution in [2.45, 2.75) is 12.8 Å². The van der Waals surface area contributed by atoms with Crippen molar-refractivity contribution in [3.05, 3.63) is 12.2 Å². The van der Waals surface area contributed by atoms with Crippen molar-refractivity contribution >= 4 is 5.78 Å². The van der Waals surface area contributed by atoms with Gasteiger partial charge in [0.2, 0.25) is 0 Å². The molecule has 1 radical (unpaired) electrons. The first-order valence-corrected chi connectivity index (χ1v) is 1.99. The molecule has 0 fully saturated rings. The molecule has 0 aromatic carbocycles. The average Bonchev–Trinajstić information content (AvgIpc) is 1.86. The van der Waals surface area contributed by atoms with Gasteiger partial charge in [-0.25, -0.2) is 0 Å². The van der Waals surface area contributed by atoms with Crippen LogP contribution in [0.25, 0.3) is 0 Å². The van der Waals surface area contributed by atoms with Crippen molar-refractivity contribution in [1.29, 1.82) is 0 Å². The second kappa shape index (κ2) is 1.25. The van der Waals surface area contributed by atoms with Crippen molar-refractivity contribution in [3.8, 4) is 0 Å². The molecular formula is C5H5O. The largest absolute Gasteiger partial charge is 0.295 e. The summed E-state index contributed by atoms with van der Waals surface area (Å²) in [6.07, 6.45) is 5.82. The van der Waals surface area contributed by atoms with E-state index in [-0.39, 0.29) is 5.78 Å². The molecule has 0 aromatic heterocycles. The van der Waals surface area contributed by atoms with Crippen LogP contribution >= 0.6 is 0 Å². The number of carbonyl (C=O) groups is 1. The second-order valence-corrected chi connectivity index (χ2v) is 1.31. The highest BCUT2D eigenvalue weighted by atomic mass is 16.1. The molecular weight excluding hydrogens is 76.1 g/mol. The van der Waals surface area contributed by atoms with E-state index in [1.807, 2.05) is 0 Å². The first-order chi connectivity index (χ1) is 2.89. The van der Waals surface area contributed by atoms with E-state index in [2.05, 4.69) is 6.08 Å². The van der Waals surface area contributed by atoms with Gasteiger partial charge in [-0.2, -0.15) is 0 Å². The molecule has 0 saturated heterocycles. The van der Waals surface area contributed by atoms with Crippen molar-refractivity contribution < 1.29 is 4.79 Å². The first kappa shape index (κ1) is 3.59. The summed E-state index contributed by atoms with van der Waals surface area (Å²) in [5, 5.41) is 0. The van der Waals surface area contributed by atoms with Gasteiger partial charge in [0.15, 0.2) is 5.78 Å². The van der Waals surface area contributed by atoms with Crippen LogP contribution < -0.4 is 0 Å². The summed E-state index contributed by atoms with van der Waals surface area (Å²) in [6.45, 7) is 0. The lowest BCUT2D eigenvalue weighted by Gasteiger charge is -1.70. The molecule has 1 aliphatic rings. The van der Waals surface area contributed by atoms with Crippen LogP contribution in [0.2, 0.25) is 0 Å². The van der Waals surface area contributed by atoms with Gasteiger partial charge in [0.05, 0.1) is 0 Å². The Morgan fingerprint density at radius 3 is 2.83 bits per heavy atom. The van der Waals surface area contributed by atoms with E-state index in [1.54, 1.807) is 0 Å². The number of allylic oxidation sites excluding steroid dienone is 2. The molecule has 0 heterocycles. The monoisotopic (exact) mass is 81.0 g/mol. The maximum absolute atomic E-state index is 10.1. The van der Waals surface area contributed by atoms with E-state index in [0.29, 0.717) is 6.42 Å². The van der Waals surface area contributed by atoms with Crippen LogP contribution in [-0.2, 0) is 4.79 Å². The van der Waals surface area contributed by atoms with Crippen LogP contribution in [-0.4, -0.2) is 5.78 Å². The molecule has 0 atom stereocenters. The Hall–Kier alpha value is -0.590. The van der Waals surface area contributed by atoms with E-state index < -0.39 is 0 Å². The lowest BCUT2D eigenvalue weighted by molar-refractivity contribution is -0.114. The minimum absolute atomic E-state index is 0.218. The molecule has 0 spiro atoms. The van der Waals surface area contributed by atoms with Crippen LogP contribution in [0.5, 0.6) is 0 Å². The maximum Gasteiger partial charge on any atom is 0.156 e. The summed E-state index contributed by atoms with van der Waals surface area (Å²) in [5.74, 6) is 0.218. The predicted octanol–water partition coefficient (Wildman–Crippen LogP) is 0.709. The molecule has 0 aromatic rings. The van der Waals surface area contributed by atoms with E-state index >= 15 is 0 Å². The van der Waals surface area contributed by atoms with E-state index in [1.165, 1.54) is 6.08 Å². The van der Waals surface area contributed by atoms with Crippen molar-refractivity contribution in [1.82, 2.24) is 0 Å². The summed E-state index contributed by atoms with van der Waals surface area (Å²) in [5.41, 5.74) is 0. The van der Waals surface area contributed by atoms with Crippen molar-refractivity contribution in [3.63, 3.8) is 0 Å². The fourth-order valence-corrected chi connectivity index (χ4v) is 0.454. The number of ketones is 1. The van der Waals surface area contributed by atoms with Gasteiger partial charge in [0, 0.05) is 6.42 Å². The van der Waals surface area contributed by atoms with E-state index in [4.69, 9.17) is 0 Å². The molecule has 1 rings (SSSR count). The summed E-state index contributed by atoms with van der Waals surface area (Å²) in [7, 11) is 0. The van der Waals surface area contributed by atoms with Crippen LogP contribution in [0.4, 0.5) is 0 Å². The van der Waals surface area contributed by atoms with Crippen LogP contribution in [0.1, 0.15) is 12.8 Å². The third-order valence-electron chi connectivity index (χ3n) is 0.779. The minimum atomic E-state index is 0.218. The molecule has 0 saturated carbocycles. The molecule has 6 heavy (non-hydrogen) atoms. The normalized spacial score (nSPS) is 19.7. The fraction of sp³-hybridized carbons (Fsp3) is 0.400. The fourth-order valence-electron chi connectivity index (χ4n) is 0.454. The highest BCUT2D eigenvalue weighted by molar-refractivity contribution is 5.90. The summed E-state index contributed by atoms with van der Waals surface area (Å²) < 4.78 is 0. The minimum Gasteiger partial charge on any atom is -0.295 e. The molecule has 31 valence electrons. The summed E-state index contributed by atoms with van der Waals surface area (Å²) in [6, 6.07) is 0. The van der Waals surface area contributed by atoms with Crippen molar-refractivity contribution in [2.24, 2.45) is 0 Å². The molecule has 0 N–H and O–H groups in total. The first-order valence-electron chi connectivity index (χ1n) is 1.99. The van der Waals surface area contributed by atoms with E-state index in [9.17, 15) is 4.79 Å². The van der Waals surface area contributed by atoms with Gasteiger partial charge in [-0.3, -0.25) is 4.79 Å². The predicted molar refractivity (Wildman–Crippen MR) is 22.1 cm³/mol. The SMILES string of the molecule is O=C1C=[C]CC1. The summed E-state index contributed by atoms with van der Waals surface area (Å²) >= 11 is 0. The smallest absolute Gasteiger partial charge is 0.156 e. The molecule has 1 heteroatoms. The third kappa shape index (κ3) is 0.482. The molecule has 1 aliphatic carbocycles. The maximum atomic E-state index is 10.1. The van der Waals surface area contributed by atoms with Gasteiger partial charge < -0.3 is 0 Å². The van der Waals surface area contributed by atoms with Crippen LogP contribution in [0.3, 0.4) is 0 Å². The van der Waals surface area contributed by atoms with Gasteiger partial charge in [-0.1, -0.05) is 0 Å². The standard InChI is InChI=1S/C5H5O/c6-5-3-1-2-4-5/h4H,1,3H2. The van der Waals surface area contributed by atoms with Crippen molar-refractivity contribution in [2.75, 3.05) is 0 Å². The zero-order valence-corrected chi connectivity index (χ0v) is 3.40. The molecule has 0 bridgehead atoms. The Morgan fingerprint density at radius 2 is 2.67 bits per heavy atom. The zero-order chi connectivity index (χ0) is 4.41. The Bertz CT molecular complexity index is 92.1. The van der Waals surface area contributed by atoms with Gasteiger partial charge >= 0.3 is 0 Å². The average molecular weight is 81.1 g/mol. The highest BCUT2D eigenvalue weighted by Gasteiger charge is 1.99. The topological polar surface area (TPSA) is 17.1 Å². The quantitative estimate of drug-likeness (QED) is 0.419. The Morgan fingerprint density at radius 1 is 1.83 bits per heavy atom. The van der Waals surface area contributed by atoms with Gasteiger partial charge in [0.1, 0.15) is 0 Å². The second-order valence-electron chi connectivity index (χ2n) is 1.31. The van der Waals surface area contributed by atoms with Gasteiger partial charge in [-0.15, -0.1) is 0 Å². The molecule has 0 amide bonds. The number of carbonyl (C=O) groups excluding carboxylic acids is 1. The molecule has 0 unspecified atom stereocenters. The Balaban J connectivity index is 2.59. The van der Waals surface area contributed by atoms with Crippen LogP contribution in [0.15, 0.2) is 6.08 Å².